The third-order valence-corrected chi connectivity index (χ3v) is 10.8. The van der Waals surface area contributed by atoms with Crippen LogP contribution < -0.4 is 9.47 Å². The van der Waals surface area contributed by atoms with Gasteiger partial charge in [-0.1, -0.05) is 89.9 Å². The molecule has 7 heteroatoms. The summed E-state index contributed by atoms with van der Waals surface area (Å²) in [6.07, 6.45) is 7.95. The van der Waals surface area contributed by atoms with Crippen molar-refractivity contribution in [3.8, 4) is 22.8 Å². The highest BCUT2D eigenvalue weighted by atomic mass is 32.2. The van der Waals surface area contributed by atoms with Gasteiger partial charge in [0, 0.05) is 33.7 Å². The first-order valence-electron chi connectivity index (χ1n) is 17.8. The maximum absolute atomic E-state index is 13.0. The van der Waals surface area contributed by atoms with E-state index in [2.05, 4.69) is 81.0 Å². The number of thioether (sulfide) groups is 1. The van der Waals surface area contributed by atoms with E-state index in [1.165, 1.54) is 16.0 Å². The Morgan fingerprint density at radius 1 is 0.920 bits per heavy atom. The van der Waals surface area contributed by atoms with E-state index in [0.717, 1.165) is 53.0 Å². The standard InChI is InChI=1S/C43H54N2O4S/c1-9-31(24-32-16-18-33(19-17-32)34-20-22-39(48-8)45-28-34)25-35(27-43(10-2,11-3)41(46)47)40(50-42(5,6)7)38-26-37(21-15-30(38)4)49-29-36-14-12-13-23-44-36/h12-23,26,28,31H,9-11,24-25,27,29H2,1-8H3,(H,46,47)/b40-35-. The van der Waals surface area contributed by atoms with Crippen molar-refractivity contribution in [1.29, 1.82) is 0 Å². The third kappa shape index (κ3) is 10.5. The van der Waals surface area contributed by atoms with Gasteiger partial charge in [0.25, 0.3) is 0 Å². The summed E-state index contributed by atoms with van der Waals surface area (Å²) in [5, 5.41) is 10.6. The van der Waals surface area contributed by atoms with Gasteiger partial charge < -0.3 is 14.6 Å². The highest BCUT2D eigenvalue weighted by Gasteiger charge is 2.37. The van der Waals surface area contributed by atoms with Gasteiger partial charge in [0.15, 0.2) is 0 Å². The Morgan fingerprint density at radius 3 is 2.20 bits per heavy atom. The van der Waals surface area contributed by atoms with Crippen LogP contribution in [0.15, 0.2) is 90.8 Å². The Bertz CT molecular complexity index is 1710. The van der Waals surface area contributed by atoms with Crippen molar-refractivity contribution in [3.63, 3.8) is 0 Å². The van der Waals surface area contributed by atoms with Gasteiger partial charge >= 0.3 is 5.97 Å². The van der Waals surface area contributed by atoms with Gasteiger partial charge in [0.05, 0.1) is 18.2 Å². The van der Waals surface area contributed by atoms with Crippen LogP contribution in [0, 0.1) is 18.3 Å². The number of carboxylic acids is 1. The molecule has 4 rings (SSSR count). The van der Waals surface area contributed by atoms with Crippen LogP contribution in [0.25, 0.3) is 16.0 Å². The van der Waals surface area contributed by atoms with Gasteiger partial charge in [0.1, 0.15) is 12.4 Å². The van der Waals surface area contributed by atoms with Crippen LogP contribution in [0.1, 0.15) is 96.0 Å². The van der Waals surface area contributed by atoms with Crippen LogP contribution >= 0.6 is 11.8 Å². The minimum absolute atomic E-state index is 0.101. The lowest BCUT2D eigenvalue weighted by atomic mass is 9.74. The summed E-state index contributed by atoms with van der Waals surface area (Å²) >= 11 is 1.84. The molecule has 1 atom stereocenters. The van der Waals surface area contributed by atoms with E-state index in [1.54, 1.807) is 13.3 Å². The highest BCUT2D eigenvalue weighted by Crippen LogP contribution is 2.48. The number of nitrogens with zero attached hydrogens (tertiary/aromatic N) is 2. The first-order valence-corrected chi connectivity index (χ1v) is 18.6. The summed E-state index contributed by atoms with van der Waals surface area (Å²) in [6, 6.07) is 24.7. The molecule has 0 bridgehead atoms. The summed E-state index contributed by atoms with van der Waals surface area (Å²) in [5.74, 6) is 0.984. The van der Waals surface area contributed by atoms with Gasteiger partial charge in [-0.3, -0.25) is 9.78 Å². The number of aryl methyl sites for hydroxylation is 1. The number of aromatic nitrogens is 2. The Kier molecular flexibility index (Phi) is 13.7. The highest BCUT2D eigenvalue weighted by molar-refractivity contribution is 8.09. The summed E-state index contributed by atoms with van der Waals surface area (Å²) in [7, 11) is 1.62. The second kappa shape index (κ2) is 17.7. The first-order chi connectivity index (χ1) is 23.9. The molecule has 0 aliphatic carbocycles. The molecule has 0 aliphatic rings. The van der Waals surface area contributed by atoms with Gasteiger partial charge in [-0.25, -0.2) is 4.98 Å². The molecule has 50 heavy (non-hydrogen) atoms. The third-order valence-electron chi connectivity index (χ3n) is 9.52. The number of allylic oxidation sites excluding steroid dienone is 1. The van der Waals surface area contributed by atoms with Crippen LogP contribution in [-0.4, -0.2) is 32.9 Å². The Labute approximate surface area is 303 Å². The fourth-order valence-electron chi connectivity index (χ4n) is 6.28. The van der Waals surface area contributed by atoms with Crippen molar-refractivity contribution in [1.82, 2.24) is 9.97 Å². The van der Waals surface area contributed by atoms with Crippen molar-refractivity contribution in [3.05, 3.63) is 113 Å². The maximum Gasteiger partial charge on any atom is 0.309 e. The van der Waals surface area contributed by atoms with Crippen molar-refractivity contribution in [2.24, 2.45) is 11.3 Å². The normalized spacial score (nSPS) is 13.0. The minimum atomic E-state index is -0.841. The number of carbonyl (C=O) groups is 1. The number of methoxy groups -OCH3 is 1. The summed E-state index contributed by atoms with van der Waals surface area (Å²) in [5.41, 5.74) is 6.92. The zero-order valence-electron chi connectivity index (χ0n) is 31.1. The molecule has 0 saturated carbocycles. The van der Waals surface area contributed by atoms with E-state index in [1.807, 2.05) is 68.2 Å². The molecule has 0 fully saturated rings. The number of benzene rings is 2. The molecule has 1 unspecified atom stereocenters. The van der Waals surface area contributed by atoms with E-state index < -0.39 is 11.4 Å². The lowest BCUT2D eigenvalue weighted by molar-refractivity contribution is -0.149. The molecule has 0 amide bonds. The molecule has 0 aliphatic heterocycles. The Balaban J connectivity index is 1.75. The van der Waals surface area contributed by atoms with Crippen molar-refractivity contribution >= 4 is 22.6 Å². The minimum Gasteiger partial charge on any atom is -0.487 e. The average molecular weight is 695 g/mol. The van der Waals surface area contributed by atoms with Crippen molar-refractivity contribution in [2.45, 2.75) is 98.3 Å². The van der Waals surface area contributed by atoms with E-state index in [-0.39, 0.29) is 4.75 Å². The average Bonchev–Trinajstić information content (AvgIpc) is 3.12. The molecule has 0 saturated heterocycles. The topological polar surface area (TPSA) is 81.5 Å². The van der Waals surface area contributed by atoms with E-state index in [0.29, 0.717) is 37.7 Å². The molecular formula is C43H54N2O4S. The molecule has 0 radical (unpaired) electrons. The van der Waals surface area contributed by atoms with Gasteiger partial charge in [-0.05, 0) is 97.5 Å². The van der Waals surface area contributed by atoms with Crippen molar-refractivity contribution < 1.29 is 19.4 Å². The lowest BCUT2D eigenvalue weighted by Gasteiger charge is -2.33. The molecule has 6 nitrogen and oxygen atoms in total. The second-order valence-electron chi connectivity index (χ2n) is 14.2. The SMILES string of the molecule is CCC(C/C(CC(CC)(CC)C(=O)O)=C(/SC(C)(C)C)c1cc(OCc2ccccn2)ccc1C)Cc1ccc(-c2ccc(OC)nc2)cc1. The molecule has 1 N–H and O–H groups in total. The van der Waals surface area contributed by atoms with Crippen LogP contribution in [0.4, 0.5) is 0 Å². The Hall–Kier alpha value is -4.10. The Morgan fingerprint density at radius 2 is 1.64 bits per heavy atom. The molecule has 0 spiro atoms. The fourth-order valence-corrected chi connectivity index (χ4v) is 7.52. The number of hydrogen-bond acceptors (Lipinski definition) is 6. The summed E-state index contributed by atoms with van der Waals surface area (Å²) in [6.45, 7) is 15.5. The zero-order chi connectivity index (χ0) is 36.3. The maximum atomic E-state index is 13.0. The predicted octanol–water partition coefficient (Wildman–Crippen LogP) is 11.2. The van der Waals surface area contributed by atoms with E-state index in [4.69, 9.17) is 9.47 Å². The number of ether oxygens (including phenoxy) is 2. The summed E-state index contributed by atoms with van der Waals surface area (Å²) < 4.78 is 11.4. The van der Waals surface area contributed by atoms with Crippen LogP contribution in [0.2, 0.25) is 0 Å². The zero-order valence-corrected chi connectivity index (χ0v) is 31.9. The monoisotopic (exact) mass is 694 g/mol. The molecule has 2 heterocycles. The van der Waals surface area contributed by atoms with Crippen LogP contribution in [-0.2, 0) is 17.8 Å². The molecule has 266 valence electrons. The molecule has 2 aromatic heterocycles. The van der Waals surface area contributed by atoms with Gasteiger partial charge in [0.2, 0.25) is 5.88 Å². The van der Waals surface area contributed by atoms with Crippen LogP contribution in [0.3, 0.4) is 0 Å². The molecular weight excluding hydrogens is 641 g/mol. The largest absolute Gasteiger partial charge is 0.487 e. The van der Waals surface area contributed by atoms with Gasteiger partial charge in [-0.15, -0.1) is 11.8 Å². The number of carboxylic acid groups (broad SMARTS) is 1. The fraction of sp³-hybridized carbons (Fsp3) is 0.419. The van der Waals surface area contributed by atoms with Crippen LogP contribution in [0.5, 0.6) is 11.6 Å². The van der Waals surface area contributed by atoms with E-state index >= 15 is 0 Å². The first kappa shape index (κ1) is 38.7. The number of aliphatic carboxylic acids is 1. The van der Waals surface area contributed by atoms with Crippen molar-refractivity contribution in [2.75, 3.05) is 7.11 Å². The number of hydrogen-bond donors (Lipinski definition) is 1. The predicted molar refractivity (Wildman–Crippen MR) is 208 cm³/mol. The quantitative estimate of drug-likeness (QED) is 0.118. The second-order valence-corrected chi connectivity index (χ2v) is 16.0. The smallest absolute Gasteiger partial charge is 0.309 e. The lowest BCUT2D eigenvalue weighted by Crippen LogP contribution is -2.31. The van der Waals surface area contributed by atoms with Gasteiger partial charge in [-0.2, -0.15) is 0 Å². The number of pyridine rings is 2. The number of rotatable bonds is 17. The molecule has 4 aromatic rings. The summed E-state index contributed by atoms with van der Waals surface area (Å²) in [4.78, 5) is 22.9. The van der Waals surface area contributed by atoms with E-state index in [9.17, 15) is 9.90 Å². The molecule has 2 aromatic carbocycles.